The summed E-state index contributed by atoms with van der Waals surface area (Å²) in [5.74, 6) is 0.0491. The topological polar surface area (TPSA) is 96.5 Å². The smallest absolute Gasteiger partial charge is 0.186 e. The summed E-state index contributed by atoms with van der Waals surface area (Å²) in [6.07, 6.45) is 7.79. The Kier molecular flexibility index (Phi) is 12.8. The molecule has 5 aromatic rings. The summed E-state index contributed by atoms with van der Waals surface area (Å²) < 4.78 is 0. The number of carbonyl (C=O) groups is 2. The normalized spacial score (nSPS) is 15.4. The molecule has 7 rings (SSSR count). The van der Waals surface area contributed by atoms with Gasteiger partial charge < -0.3 is 0 Å². The fourth-order valence-electron chi connectivity index (χ4n) is 7.46. The van der Waals surface area contributed by atoms with Crippen LogP contribution in [-0.2, 0) is 9.59 Å². The van der Waals surface area contributed by atoms with Crippen molar-refractivity contribution in [1.29, 1.82) is 0 Å². The summed E-state index contributed by atoms with van der Waals surface area (Å²) in [6, 6.07) is 30.1. The Bertz CT molecular complexity index is 2570. The van der Waals surface area contributed by atoms with Crippen LogP contribution in [0.3, 0.4) is 0 Å². The highest BCUT2D eigenvalue weighted by Gasteiger charge is 2.36. The van der Waals surface area contributed by atoms with Gasteiger partial charge in [0, 0.05) is 43.2 Å². The molecule has 0 unspecified atom stereocenters. The fraction of sp³-hybridized carbons (Fsp3) is 0.291. The lowest BCUT2D eigenvalue weighted by Gasteiger charge is -2.31. The SMILES string of the molecule is CC(C)(C)C1=CC(=C(N=Nc2ccc(-c3cccs3)cc2)c2cccc(C(N=Nc3ccc(-c4cccs4)cc3)=C3C=C(C(C)(C)C)C(=O)C(C(C)(C)C)=C3)n2)C=C(C(C)(C)C)C1=O. The number of pyridine rings is 1. The first kappa shape index (κ1) is 46.0. The zero-order valence-corrected chi connectivity index (χ0v) is 40.6. The molecule has 0 spiro atoms. The number of Topliss-reactive ketones (excluding diaryl/α,β-unsaturated/α-hetero) is 2. The molecule has 64 heavy (non-hydrogen) atoms. The van der Waals surface area contributed by atoms with Gasteiger partial charge in [-0.25, -0.2) is 4.98 Å². The van der Waals surface area contributed by atoms with Gasteiger partial charge in [0.1, 0.15) is 11.4 Å². The molecular formula is C55H57N5O2S2. The number of hydrogen-bond acceptors (Lipinski definition) is 9. The van der Waals surface area contributed by atoms with Gasteiger partial charge >= 0.3 is 0 Å². The Morgan fingerprint density at radius 2 is 0.766 bits per heavy atom. The van der Waals surface area contributed by atoms with Gasteiger partial charge in [-0.1, -0.05) is 126 Å². The van der Waals surface area contributed by atoms with Crippen LogP contribution in [0.1, 0.15) is 94.5 Å². The second-order valence-electron chi connectivity index (χ2n) is 20.4. The van der Waals surface area contributed by atoms with E-state index < -0.39 is 21.7 Å². The number of nitrogens with zero attached hydrogens (tertiary/aromatic N) is 5. The van der Waals surface area contributed by atoms with Crippen molar-refractivity contribution in [1.82, 2.24) is 4.98 Å². The highest BCUT2D eigenvalue weighted by atomic mass is 32.1. The Morgan fingerprint density at radius 1 is 0.438 bits per heavy atom. The van der Waals surface area contributed by atoms with E-state index in [4.69, 9.17) is 25.4 Å². The van der Waals surface area contributed by atoms with E-state index in [9.17, 15) is 9.59 Å². The van der Waals surface area contributed by atoms with Gasteiger partial charge in [-0.2, -0.15) is 10.2 Å². The van der Waals surface area contributed by atoms with Gasteiger partial charge in [0.15, 0.2) is 11.6 Å². The molecule has 3 aromatic heterocycles. The molecule has 3 heterocycles. The summed E-state index contributed by atoms with van der Waals surface area (Å²) >= 11 is 3.37. The predicted octanol–water partition coefficient (Wildman–Crippen LogP) is 16.6. The minimum atomic E-state index is -0.450. The molecule has 0 fully saturated rings. The molecule has 2 aliphatic carbocycles. The van der Waals surface area contributed by atoms with E-state index in [1.165, 1.54) is 9.75 Å². The monoisotopic (exact) mass is 883 g/mol. The highest BCUT2D eigenvalue weighted by molar-refractivity contribution is 7.13. The number of ketones is 2. The number of benzene rings is 2. The summed E-state index contributed by atoms with van der Waals surface area (Å²) in [4.78, 5) is 36.0. The molecule has 326 valence electrons. The lowest BCUT2D eigenvalue weighted by atomic mass is 9.71. The number of allylic oxidation sites excluding steroid dienone is 10. The zero-order valence-electron chi connectivity index (χ0n) is 39.0. The highest BCUT2D eigenvalue weighted by Crippen LogP contribution is 2.43. The van der Waals surface area contributed by atoms with Crippen LogP contribution in [0.5, 0.6) is 0 Å². The van der Waals surface area contributed by atoms with Crippen molar-refractivity contribution in [3.63, 3.8) is 0 Å². The van der Waals surface area contributed by atoms with Crippen molar-refractivity contribution in [3.8, 4) is 20.9 Å². The maximum absolute atomic E-state index is 14.1. The van der Waals surface area contributed by atoms with Crippen LogP contribution in [0.4, 0.5) is 11.4 Å². The molecule has 7 nitrogen and oxygen atoms in total. The molecular weight excluding hydrogens is 827 g/mol. The van der Waals surface area contributed by atoms with E-state index in [0.29, 0.717) is 56.4 Å². The van der Waals surface area contributed by atoms with Gasteiger partial charge in [-0.3, -0.25) is 9.59 Å². The lowest BCUT2D eigenvalue weighted by Crippen LogP contribution is -2.28. The molecule has 0 aliphatic heterocycles. The van der Waals surface area contributed by atoms with E-state index in [1.54, 1.807) is 22.7 Å². The van der Waals surface area contributed by atoms with Crippen molar-refractivity contribution >= 4 is 57.0 Å². The minimum Gasteiger partial charge on any atom is -0.289 e. The Balaban J connectivity index is 1.46. The second kappa shape index (κ2) is 17.9. The van der Waals surface area contributed by atoms with E-state index in [1.807, 2.05) is 103 Å². The van der Waals surface area contributed by atoms with E-state index in [2.05, 4.69) is 106 Å². The Labute approximate surface area is 386 Å². The molecule has 0 saturated carbocycles. The molecule has 0 bridgehead atoms. The average Bonchev–Trinajstić information content (AvgIpc) is 3.97. The maximum atomic E-state index is 14.1. The van der Waals surface area contributed by atoms with Crippen LogP contribution in [-0.4, -0.2) is 16.6 Å². The standard InChI is InChI=1S/C55H57N5O2S2/c1-52(2,3)40-30-36(31-41(50(40)61)53(4,5)6)48(59-57-38-24-20-34(21-25-38)46-18-14-28-63-46)44-16-13-17-45(56-44)49(60-58-39-26-22-35(23-27-39)47-19-15-29-64-47)37-32-42(54(7,8)9)51(62)43(33-37)55(10,11)12/h13-33H,1-12H3. The fourth-order valence-corrected chi connectivity index (χ4v) is 8.92. The number of aromatic nitrogens is 1. The molecule has 0 atom stereocenters. The van der Waals surface area contributed by atoms with Crippen molar-refractivity contribution in [2.75, 3.05) is 0 Å². The molecule has 0 amide bonds. The molecule has 2 aromatic carbocycles. The number of rotatable bonds is 8. The summed E-state index contributed by atoms with van der Waals surface area (Å²) in [7, 11) is 0. The van der Waals surface area contributed by atoms with Gasteiger partial charge in [0.05, 0.1) is 22.8 Å². The van der Waals surface area contributed by atoms with Gasteiger partial charge in [0.25, 0.3) is 0 Å². The van der Waals surface area contributed by atoms with Gasteiger partial charge in [-0.15, -0.1) is 32.9 Å². The second-order valence-corrected chi connectivity index (χ2v) is 22.3. The zero-order chi connectivity index (χ0) is 46.2. The lowest BCUT2D eigenvalue weighted by molar-refractivity contribution is -0.114. The average molecular weight is 884 g/mol. The molecule has 0 radical (unpaired) electrons. The largest absolute Gasteiger partial charge is 0.289 e. The van der Waals surface area contributed by atoms with Crippen molar-refractivity contribution < 1.29 is 9.59 Å². The first-order valence-electron chi connectivity index (χ1n) is 21.6. The Hall–Kier alpha value is -6.03. The van der Waals surface area contributed by atoms with Crippen LogP contribution in [0.2, 0.25) is 0 Å². The molecule has 0 saturated heterocycles. The first-order chi connectivity index (χ1) is 30.1. The van der Waals surface area contributed by atoms with E-state index in [-0.39, 0.29) is 11.6 Å². The van der Waals surface area contributed by atoms with Gasteiger partial charge in [0.2, 0.25) is 0 Å². The van der Waals surface area contributed by atoms with Crippen molar-refractivity contribution in [2.45, 2.75) is 83.1 Å². The van der Waals surface area contributed by atoms with Crippen LogP contribution < -0.4 is 0 Å². The third-order valence-electron chi connectivity index (χ3n) is 11.1. The molecule has 2 aliphatic rings. The van der Waals surface area contributed by atoms with Crippen LogP contribution in [0.25, 0.3) is 32.3 Å². The molecule has 9 heteroatoms. The van der Waals surface area contributed by atoms with E-state index in [0.717, 1.165) is 22.3 Å². The molecule has 0 N–H and O–H groups in total. The summed E-state index contributed by atoms with van der Waals surface area (Å²) in [6.45, 7) is 24.7. The van der Waals surface area contributed by atoms with Gasteiger partial charge in [-0.05, 0) is 116 Å². The minimum absolute atomic E-state index is 0.0245. The van der Waals surface area contributed by atoms with E-state index >= 15 is 0 Å². The van der Waals surface area contributed by atoms with Crippen LogP contribution >= 0.6 is 22.7 Å². The van der Waals surface area contributed by atoms with Crippen molar-refractivity contribution in [2.24, 2.45) is 42.1 Å². The summed E-state index contributed by atoms with van der Waals surface area (Å²) in [5.41, 5.74) is 8.05. The number of thiophene rings is 2. The van der Waals surface area contributed by atoms with Crippen LogP contribution in [0.15, 0.2) is 180 Å². The maximum Gasteiger partial charge on any atom is 0.186 e. The third-order valence-corrected chi connectivity index (χ3v) is 12.9. The number of hydrogen-bond donors (Lipinski definition) is 0. The first-order valence-corrected chi connectivity index (χ1v) is 23.4. The number of carbonyl (C=O) groups excluding carboxylic acids is 2. The summed E-state index contributed by atoms with van der Waals surface area (Å²) in [5, 5.41) is 23.7. The third kappa shape index (κ3) is 10.3. The quantitative estimate of drug-likeness (QED) is 0.145. The van der Waals surface area contributed by atoms with Crippen LogP contribution in [0, 0.1) is 21.7 Å². The predicted molar refractivity (Wildman–Crippen MR) is 267 cm³/mol. The Morgan fingerprint density at radius 3 is 1.05 bits per heavy atom. The number of azo groups is 2. The van der Waals surface area contributed by atoms with Crippen molar-refractivity contribution in [3.05, 3.63) is 171 Å².